The van der Waals surface area contributed by atoms with Crippen LogP contribution in [0.1, 0.15) is 61.3 Å². The molecule has 0 unspecified atom stereocenters. The van der Waals surface area contributed by atoms with Crippen molar-refractivity contribution in [1.82, 2.24) is 19.8 Å². The number of nitrogens with one attached hydrogen (secondary N) is 1. The highest BCUT2D eigenvalue weighted by Gasteiger charge is 2.28. The molecule has 1 saturated heterocycles. The summed E-state index contributed by atoms with van der Waals surface area (Å²) in [5.74, 6) is -0.485. The summed E-state index contributed by atoms with van der Waals surface area (Å²) in [6.07, 6.45) is 3.96. The van der Waals surface area contributed by atoms with Crippen molar-refractivity contribution in [3.8, 4) is 27.5 Å². The molecule has 0 spiro atoms. The number of halogens is 1. The van der Waals surface area contributed by atoms with Gasteiger partial charge in [0.25, 0.3) is 11.5 Å². The van der Waals surface area contributed by atoms with E-state index in [0.29, 0.717) is 59.2 Å². The number of aryl methyl sites for hydroxylation is 2. The Balaban J connectivity index is 1.82. The Morgan fingerprint density at radius 2 is 1.77 bits per heavy atom. The van der Waals surface area contributed by atoms with Gasteiger partial charge in [-0.3, -0.25) is 19.0 Å². The highest BCUT2D eigenvalue weighted by Crippen LogP contribution is 2.32. The zero-order valence-electron chi connectivity index (χ0n) is 24.9. The van der Waals surface area contributed by atoms with Crippen molar-refractivity contribution in [3.63, 3.8) is 0 Å². The first-order valence-electron chi connectivity index (χ1n) is 14.6. The summed E-state index contributed by atoms with van der Waals surface area (Å²) in [4.78, 5) is 47.9. The number of hydrogen-bond acceptors (Lipinski definition) is 5. The summed E-state index contributed by atoms with van der Waals surface area (Å²) in [7, 11) is 0. The predicted octanol–water partition coefficient (Wildman–Crippen LogP) is 6.79. The minimum Gasteiger partial charge on any atom is -0.354 e. The number of amides is 2. The number of allylic oxidation sites excluding steroid dienone is 1. The second-order valence-corrected chi connectivity index (χ2v) is 12.1. The summed E-state index contributed by atoms with van der Waals surface area (Å²) in [5, 5.41) is 5.90. The standard InChI is InChI=1S/C34H35ClN4O3S/c1-5-22-9-7-10-23(6-2)31(22)39-29(17-21(3)4)26(33(41)38-16-8-15-36-30(40)19-38)18-27(34(39)42)32-37-28(20-43-32)24-11-13-25(35)14-12-24/h7,9-14,17-18,20H,5-6,8,15-16,19H2,1-4H3,(H,36,40). The lowest BCUT2D eigenvalue weighted by Gasteiger charge is -2.24. The molecular weight excluding hydrogens is 580 g/mol. The monoisotopic (exact) mass is 614 g/mol. The van der Waals surface area contributed by atoms with Gasteiger partial charge < -0.3 is 10.2 Å². The van der Waals surface area contributed by atoms with Gasteiger partial charge in [-0.1, -0.05) is 61.4 Å². The van der Waals surface area contributed by atoms with Gasteiger partial charge in [0.15, 0.2) is 0 Å². The molecule has 0 radical (unpaired) electrons. The van der Waals surface area contributed by atoms with Crippen molar-refractivity contribution in [2.75, 3.05) is 19.6 Å². The number of carbonyl (C=O) groups is 2. The fourth-order valence-electron chi connectivity index (χ4n) is 5.40. The number of hydrogen-bond donors (Lipinski definition) is 1. The van der Waals surface area contributed by atoms with Crippen LogP contribution in [-0.4, -0.2) is 45.9 Å². The first kappa shape index (κ1) is 30.4. The van der Waals surface area contributed by atoms with Crippen LogP contribution in [0.5, 0.6) is 0 Å². The van der Waals surface area contributed by atoms with Crippen LogP contribution in [0.4, 0.5) is 0 Å². The predicted molar refractivity (Wildman–Crippen MR) is 175 cm³/mol. The van der Waals surface area contributed by atoms with Gasteiger partial charge in [-0.25, -0.2) is 4.98 Å². The molecule has 2 aromatic carbocycles. The molecule has 4 aromatic rings. The molecule has 2 amide bonds. The van der Waals surface area contributed by atoms with E-state index in [4.69, 9.17) is 16.6 Å². The van der Waals surface area contributed by atoms with Gasteiger partial charge >= 0.3 is 0 Å². The molecule has 3 heterocycles. The van der Waals surface area contributed by atoms with Gasteiger partial charge in [0.2, 0.25) is 5.91 Å². The maximum Gasteiger partial charge on any atom is 0.265 e. The Labute approximate surface area is 260 Å². The summed E-state index contributed by atoms with van der Waals surface area (Å²) in [6, 6.07) is 15.1. The average Bonchev–Trinajstić information content (AvgIpc) is 3.38. The largest absolute Gasteiger partial charge is 0.354 e. The van der Waals surface area contributed by atoms with Crippen molar-refractivity contribution in [2.24, 2.45) is 0 Å². The van der Waals surface area contributed by atoms with E-state index < -0.39 is 0 Å². The first-order valence-corrected chi connectivity index (χ1v) is 15.8. The van der Waals surface area contributed by atoms with Crippen LogP contribution in [0.3, 0.4) is 0 Å². The lowest BCUT2D eigenvalue weighted by atomic mass is 9.99. The van der Waals surface area contributed by atoms with E-state index in [0.717, 1.165) is 33.6 Å². The Morgan fingerprint density at radius 3 is 2.42 bits per heavy atom. The molecule has 7 nitrogen and oxygen atoms in total. The number of pyridine rings is 1. The average molecular weight is 615 g/mol. The van der Waals surface area contributed by atoms with Gasteiger partial charge in [-0.05, 0) is 68.5 Å². The molecule has 1 aliphatic rings. The molecule has 0 aliphatic carbocycles. The van der Waals surface area contributed by atoms with Gasteiger partial charge in [-0.2, -0.15) is 0 Å². The highest BCUT2D eigenvalue weighted by molar-refractivity contribution is 7.13. The quantitative estimate of drug-likeness (QED) is 0.248. The number of nitrogens with zero attached hydrogens (tertiary/aromatic N) is 3. The van der Waals surface area contributed by atoms with Crippen molar-refractivity contribution in [1.29, 1.82) is 0 Å². The lowest BCUT2D eigenvalue weighted by Crippen LogP contribution is -2.39. The summed E-state index contributed by atoms with van der Waals surface area (Å²) in [6.45, 7) is 8.94. The summed E-state index contributed by atoms with van der Waals surface area (Å²) >= 11 is 7.46. The molecule has 0 bridgehead atoms. The maximum atomic E-state index is 14.7. The first-order chi connectivity index (χ1) is 20.7. The summed E-state index contributed by atoms with van der Waals surface area (Å²) in [5.41, 5.74) is 6.32. The number of carbonyl (C=O) groups excluding carboxylic acids is 2. The number of para-hydroxylation sites is 1. The number of benzene rings is 2. The topological polar surface area (TPSA) is 84.3 Å². The van der Waals surface area contributed by atoms with Crippen molar-refractivity contribution in [2.45, 2.75) is 47.0 Å². The van der Waals surface area contributed by atoms with E-state index in [1.165, 1.54) is 11.3 Å². The summed E-state index contributed by atoms with van der Waals surface area (Å²) < 4.78 is 1.70. The van der Waals surface area contributed by atoms with Crippen LogP contribution in [-0.2, 0) is 17.6 Å². The molecule has 43 heavy (non-hydrogen) atoms. The molecule has 0 saturated carbocycles. The van der Waals surface area contributed by atoms with Crippen molar-refractivity contribution in [3.05, 3.63) is 97.2 Å². The van der Waals surface area contributed by atoms with Gasteiger partial charge in [0, 0.05) is 29.1 Å². The minimum absolute atomic E-state index is 0.0364. The molecule has 5 rings (SSSR count). The van der Waals surface area contributed by atoms with E-state index in [1.807, 2.05) is 55.6 Å². The molecular formula is C34H35ClN4O3S. The normalized spacial score (nSPS) is 13.4. The Bertz CT molecular complexity index is 1750. The molecule has 1 N–H and O–H groups in total. The van der Waals surface area contributed by atoms with Gasteiger partial charge in [-0.15, -0.1) is 11.3 Å². The Hall–Kier alpha value is -4.01. The number of aromatic nitrogens is 2. The molecule has 1 fully saturated rings. The fourth-order valence-corrected chi connectivity index (χ4v) is 6.36. The highest BCUT2D eigenvalue weighted by atomic mass is 35.5. The van der Waals surface area contributed by atoms with Crippen LogP contribution >= 0.6 is 22.9 Å². The third-order valence-corrected chi connectivity index (χ3v) is 8.63. The second kappa shape index (κ2) is 13.1. The Morgan fingerprint density at radius 1 is 1.07 bits per heavy atom. The fraction of sp³-hybridized carbons (Fsp3) is 0.294. The maximum absolute atomic E-state index is 14.7. The van der Waals surface area contributed by atoms with E-state index in [1.54, 1.807) is 27.7 Å². The van der Waals surface area contributed by atoms with Crippen LogP contribution in [0, 0.1) is 0 Å². The zero-order chi connectivity index (χ0) is 30.7. The SMILES string of the molecule is CCc1cccc(CC)c1-n1c(C=C(C)C)c(C(=O)N2CCCNC(=O)C2)cc(-c2nc(-c3ccc(Cl)cc3)cs2)c1=O. The van der Waals surface area contributed by atoms with Crippen molar-refractivity contribution < 1.29 is 9.59 Å². The number of thiazole rings is 1. The van der Waals surface area contributed by atoms with Crippen LogP contribution in [0.15, 0.2) is 64.3 Å². The minimum atomic E-state index is -0.291. The van der Waals surface area contributed by atoms with E-state index in [-0.39, 0.29) is 23.9 Å². The lowest BCUT2D eigenvalue weighted by molar-refractivity contribution is -0.121. The molecule has 2 aromatic heterocycles. The van der Waals surface area contributed by atoms with Crippen molar-refractivity contribution >= 4 is 40.8 Å². The van der Waals surface area contributed by atoms with Crippen LogP contribution in [0.25, 0.3) is 33.6 Å². The Kier molecular flexibility index (Phi) is 9.28. The van der Waals surface area contributed by atoms with Gasteiger partial charge in [0.05, 0.1) is 34.7 Å². The van der Waals surface area contributed by atoms with Crippen LogP contribution < -0.4 is 10.9 Å². The number of rotatable bonds is 7. The smallest absolute Gasteiger partial charge is 0.265 e. The van der Waals surface area contributed by atoms with Gasteiger partial charge in [0.1, 0.15) is 5.01 Å². The molecule has 0 atom stereocenters. The van der Waals surface area contributed by atoms with E-state index >= 15 is 0 Å². The molecule has 222 valence electrons. The second-order valence-electron chi connectivity index (χ2n) is 10.8. The third-order valence-electron chi connectivity index (χ3n) is 7.51. The van der Waals surface area contributed by atoms with E-state index in [2.05, 4.69) is 19.2 Å². The molecule has 9 heteroatoms. The third kappa shape index (κ3) is 6.36. The zero-order valence-corrected chi connectivity index (χ0v) is 26.4. The van der Waals surface area contributed by atoms with Crippen LogP contribution in [0.2, 0.25) is 5.02 Å². The molecule has 1 aliphatic heterocycles. The van der Waals surface area contributed by atoms with E-state index in [9.17, 15) is 14.4 Å².